The molecule has 16 atom stereocenters. The van der Waals surface area contributed by atoms with Crippen LogP contribution >= 0.6 is 8.53 Å². The number of carbonyl (C=O) groups is 16. The first kappa shape index (κ1) is 117. The van der Waals surface area contributed by atoms with E-state index in [0.29, 0.717) is 25.7 Å². The monoisotopic (exact) mass is 1940 g/mol. The highest BCUT2D eigenvalue weighted by Crippen LogP contribution is 2.49. The lowest BCUT2D eigenvalue weighted by atomic mass is 9.85. The Bertz CT molecular complexity index is 3610. The van der Waals surface area contributed by atoms with E-state index in [-0.39, 0.29) is 194 Å². The van der Waals surface area contributed by atoms with Crippen LogP contribution in [0.3, 0.4) is 0 Å². The number of rotatable bonds is 64. The fourth-order valence-corrected chi connectivity index (χ4v) is 16.2. The van der Waals surface area contributed by atoms with Gasteiger partial charge in [-0.25, -0.2) is 4.67 Å². The van der Waals surface area contributed by atoms with E-state index >= 15 is 0 Å². The molecule has 762 valence electrons. The lowest BCUT2D eigenvalue weighted by molar-refractivity contribution is -0.279. The van der Waals surface area contributed by atoms with E-state index in [1.807, 2.05) is 27.7 Å². The van der Waals surface area contributed by atoms with Crippen LogP contribution < -0.4 is 37.2 Å². The summed E-state index contributed by atoms with van der Waals surface area (Å²) in [4.78, 5) is 201. The molecule has 0 aromatic carbocycles. The van der Waals surface area contributed by atoms with Crippen molar-refractivity contribution in [2.45, 2.75) is 284 Å². The van der Waals surface area contributed by atoms with Crippen molar-refractivity contribution >= 4 is 103 Å². The highest BCUT2D eigenvalue weighted by atomic mass is 31.2. The first-order chi connectivity index (χ1) is 63.6. The molecule has 49 heteroatoms. The molecule has 48 nitrogen and oxygen atoms in total. The maximum atomic E-state index is 14.7. The number of carbonyl (C=O) groups excluding carboxylic acids is 16. The van der Waals surface area contributed by atoms with Crippen LogP contribution in [0.1, 0.15) is 169 Å². The van der Waals surface area contributed by atoms with Crippen LogP contribution in [0.2, 0.25) is 0 Å². The Balaban J connectivity index is 1.50. The van der Waals surface area contributed by atoms with E-state index in [2.05, 4.69) is 48.0 Å². The van der Waals surface area contributed by atoms with Crippen LogP contribution in [-0.2, 0) is 185 Å². The summed E-state index contributed by atoms with van der Waals surface area (Å²) in [5.41, 5.74) is -1.55. The topological polar surface area (TPSA) is 597 Å². The van der Waals surface area contributed by atoms with E-state index < -0.39 is 215 Å². The molecule has 6 amide bonds. The molecular formula is C85H138N9O39P. The van der Waals surface area contributed by atoms with Gasteiger partial charge in [0.2, 0.25) is 35.4 Å². The van der Waals surface area contributed by atoms with E-state index in [1.54, 1.807) is 0 Å². The van der Waals surface area contributed by atoms with Crippen LogP contribution in [-0.4, -0.2) is 367 Å². The summed E-state index contributed by atoms with van der Waals surface area (Å²) in [7, 11) is -1.55. The Hall–Kier alpha value is -9.00. The summed E-state index contributed by atoms with van der Waals surface area (Å²) in [5, 5.41) is 28.8. The standard InChI is InChI=1S/C85H138N9O39P/c1-50(2)94(51(3)4)134(123-29-17-25-86)133-66-20-18-64(19-21-66)42-72(110)93-85(48-115-31-23-70(108)88-27-34-112-37-40-118-83-74(91-53(6)96)80(128-62(15)105)77(125-59(12)102)68(131-83)45-121-56(9)99,49-116-32-24-71(109)89-28-35-113-38-41-119-84-75(92-54(7)97)81(129-63(16)106)78(126-60(13)103)69(132-84)46-122-57(10)100)47-114-30-22-65(107)43-87-26-33-111-36-39-117-82-73(90-52(5)95)79(127-61(14)104)76(124-58(11)101)67(130-82)44-120-55(8)98/h50-51,64,66-69,73-84,87H,17-24,26-49H2,1-16H3,(H,88,108)(H,89,109)(H,90,95)(H,91,96)(H,92,97)(H,93,110)/t64?,66?,67-,68-,69-,73-,74-,75-,76+,77+,78+,79-,80-,81-,82-,83-,84-,134?/m1/s1. The SMILES string of the molecule is CC(=O)N[C@H]1[C@H](OCCOCCNCC(=O)CCOCC(COCCC(=O)NCCOCCO[C@@H]2O[C@H](COC(C)=O)[C@H](OC(C)=O)[C@H](OC(C)=O)[C@H]2NC(C)=O)(COCCC(=O)NCCOCCO[C@@H]2O[C@H](COC(C)=O)[C@H](OC(C)=O)[C@H](OC(C)=O)[C@H]2NC(C)=O)NC(=O)CC2CCC(OP(OCCC#N)N(C(C)C)C(C)C)CC2)O[C@H](COC(C)=O)[C@H](OC(C)=O)[C@@H]1OC(C)=O. The van der Waals surface area contributed by atoms with Crippen molar-refractivity contribution in [2.75, 3.05) is 152 Å². The second kappa shape index (κ2) is 64.2. The first-order valence-corrected chi connectivity index (χ1v) is 45.6. The minimum atomic E-state index is -1.55. The van der Waals surface area contributed by atoms with Gasteiger partial charge in [-0.2, -0.15) is 5.26 Å². The molecule has 1 aliphatic carbocycles. The van der Waals surface area contributed by atoms with Gasteiger partial charge in [0.15, 0.2) is 55.5 Å². The molecule has 3 saturated heterocycles. The van der Waals surface area contributed by atoms with E-state index in [9.17, 15) is 82.0 Å². The van der Waals surface area contributed by atoms with Gasteiger partial charge in [0, 0.05) is 140 Å². The number of nitrogens with one attached hydrogen (secondary N) is 7. The molecule has 0 radical (unpaired) electrons. The molecule has 0 aromatic heterocycles. The lowest BCUT2D eigenvalue weighted by Crippen LogP contribution is -2.66. The summed E-state index contributed by atoms with van der Waals surface area (Å²) >= 11 is 0. The summed E-state index contributed by atoms with van der Waals surface area (Å²) in [6.07, 6.45) is -14.0. The fourth-order valence-electron chi connectivity index (χ4n) is 14.5. The zero-order valence-electron chi connectivity index (χ0n) is 79.4. The van der Waals surface area contributed by atoms with Crippen molar-refractivity contribution in [1.82, 2.24) is 41.9 Å². The number of hydrogen-bond donors (Lipinski definition) is 7. The molecule has 0 aromatic rings. The van der Waals surface area contributed by atoms with E-state index in [0.717, 1.165) is 62.3 Å². The van der Waals surface area contributed by atoms with Gasteiger partial charge in [-0.05, 0) is 59.3 Å². The molecule has 3 aliphatic heterocycles. The number of nitrogens with zero attached hydrogens (tertiary/aromatic N) is 2. The Labute approximate surface area is 780 Å². The Morgan fingerprint density at radius 1 is 0.403 bits per heavy atom. The van der Waals surface area contributed by atoms with Crippen LogP contribution in [0.15, 0.2) is 0 Å². The van der Waals surface area contributed by atoms with Crippen molar-refractivity contribution in [1.29, 1.82) is 5.26 Å². The van der Waals surface area contributed by atoms with E-state index in [4.69, 9.17) is 109 Å². The van der Waals surface area contributed by atoms with Crippen LogP contribution in [0.4, 0.5) is 0 Å². The maximum absolute atomic E-state index is 14.7. The highest BCUT2D eigenvalue weighted by molar-refractivity contribution is 7.44. The molecule has 134 heavy (non-hydrogen) atoms. The molecule has 1 saturated carbocycles. The third kappa shape index (κ3) is 47.2. The Morgan fingerprint density at radius 2 is 0.746 bits per heavy atom. The quantitative estimate of drug-likeness (QED) is 0.0179. The highest BCUT2D eigenvalue weighted by Gasteiger charge is 2.55. The number of hydrogen-bond acceptors (Lipinski definition) is 42. The van der Waals surface area contributed by atoms with Crippen molar-refractivity contribution in [3.8, 4) is 6.07 Å². The van der Waals surface area contributed by atoms with Gasteiger partial charge < -0.3 is 146 Å². The van der Waals surface area contributed by atoms with Crippen molar-refractivity contribution in [2.24, 2.45) is 5.92 Å². The molecule has 0 spiro atoms. The van der Waals surface area contributed by atoms with Crippen molar-refractivity contribution in [3.63, 3.8) is 0 Å². The third-order valence-electron chi connectivity index (χ3n) is 19.8. The number of nitriles is 1. The predicted octanol–water partition coefficient (Wildman–Crippen LogP) is -0.238. The minimum absolute atomic E-state index is 0.00847. The second-order valence-corrected chi connectivity index (χ2v) is 33.7. The third-order valence-corrected chi connectivity index (χ3v) is 22.0. The zero-order valence-corrected chi connectivity index (χ0v) is 80.3. The normalized spacial score (nSPS) is 23.6. The molecular weight excluding hydrogens is 1800 g/mol. The number of Topliss-reactive ketones (excluding diaryl/α,β-unsaturated/α-hetero) is 1. The predicted molar refractivity (Wildman–Crippen MR) is 460 cm³/mol. The lowest BCUT2D eigenvalue weighted by Gasteiger charge is -2.44. The van der Waals surface area contributed by atoms with Crippen molar-refractivity contribution < 1.29 is 185 Å². The maximum Gasteiger partial charge on any atom is 0.303 e. The number of ether oxygens (including phenoxy) is 21. The molecule has 7 N–H and O–H groups in total. The summed E-state index contributed by atoms with van der Waals surface area (Å²) in [6, 6.07) is -1.42. The molecule has 1 unspecified atom stereocenters. The zero-order chi connectivity index (χ0) is 99.4. The molecule has 4 aliphatic rings. The van der Waals surface area contributed by atoms with Gasteiger partial charge >= 0.3 is 53.7 Å². The van der Waals surface area contributed by atoms with Crippen LogP contribution in [0.25, 0.3) is 0 Å². The Morgan fingerprint density at radius 3 is 1.07 bits per heavy atom. The van der Waals surface area contributed by atoms with Gasteiger partial charge in [0.05, 0.1) is 131 Å². The Kier molecular flexibility index (Phi) is 56.2. The smallest absolute Gasteiger partial charge is 0.303 e. The van der Waals surface area contributed by atoms with Crippen molar-refractivity contribution in [3.05, 3.63) is 0 Å². The summed E-state index contributed by atoms with van der Waals surface area (Å²) in [5.74, 6) is -10.3. The van der Waals surface area contributed by atoms with Gasteiger partial charge in [0.25, 0.3) is 8.53 Å². The molecule has 4 rings (SSSR count). The van der Waals surface area contributed by atoms with Crippen LogP contribution in [0, 0.1) is 17.2 Å². The largest absolute Gasteiger partial charge is 0.463 e. The van der Waals surface area contributed by atoms with Crippen LogP contribution in [0.5, 0.6) is 0 Å². The fraction of sp³-hybridized carbons (Fsp3) is 0.800. The molecule has 0 bridgehead atoms. The first-order valence-electron chi connectivity index (χ1n) is 44.5. The summed E-state index contributed by atoms with van der Waals surface area (Å²) in [6.45, 7) is 18.2. The number of amides is 6. The number of esters is 9. The second-order valence-electron chi connectivity index (χ2n) is 32.3. The van der Waals surface area contributed by atoms with Gasteiger partial charge in [-0.3, -0.25) is 76.7 Å². The molecule has 4 fully saturated rings. The van der Waals surface area contributed by atoms with Gasteiger partial charge in [-0.1, -0.05) is 0 Å². The molecule has 3 heterocycles. The van der Waals surface area contributed by atoms with Gasteiger partial charge in [-0.15, -0.1) is 0 Å². The average molecular weight is 1940 g/mol. The average Bonchev–Trinajstić information content (AvgIpc) is 0.793. The number of ketones is 1. The summed E-state index contributed by atoms with van der Waals surface area (Å²) < 4.78 is 135. The van der Waals surface area contributed by atoms with E-state index in [1.165, 1.54) is 20.8 Å². The minimum Gasteiger partial charge on any atom is -0.463 e. The van der Waals surface area contributed by atoms with Gasteiger partial charge in [0.1, 0.15) is 67.6 Å².